The van der Waals surface area contributed by atoms with Gasteiger partial charge in [0.1, 0.15) is 0 Å². The van der Waals surface area contributed by atoms with Gasteiger partial charge in [-0.25, -0.2) is 0 Å². The van der Waals surface area contributed by atoms with Gasteiger partial charge in [0.2, 0.25) is 0 Å². The number of hydrogen-bond acceptors (Lipinski definition) is 1. The van der Waals surface area contributed by atoms with Gasteiger partial charge in [-0.05, 0) is 89.0 Å². The van der Waals surface area contributed by atoms with Gasteiger partial charge in [0, 0.05) is 53.1 Å². The minimum atomic E-state index is 1.15. The van der Waals surface area contributed by atoms with E-state index < -0.39 is 0 Å². The molecule has 0 atom stereocenters. The van der Waals surface area contributed by atoms with Crippen LogP contribution in [-0.2, 0) is 0 Å². The van der Waals surface area contributed by atoms with Crippen LogP contribution in [0.3, 0.4) is 0 Å². The van der Waals surface area contributed by atoms with Crippen LogP contribution in [-0.4, -0.2) is 9.13 Å². The molecule has 0 amide bonds. The number of thiophene rings is 1. The molecule has 0 aliphatic carbocycles. The topological polar surface area (TPSA) is 9.86 Å². The molecular weight excluding hydrogens is 637 g/mol. The molecule has 0 fully saturated rings. The van der Waals surface area contributed by atoms with Crippen molar-refractivity contribution in [3.05, 3.63) is 182 Å². The molecule has 3 heterocycles. The molecule has 0 radical (unpaired) electrons. The third-order valence-corrected chi connectivity index (χ3v) is 11.7. The summed E-state index contributed by atoms with van der Waals surface area (Å²) in [6, 6.07) is 66.8. The van der Waals surface area contributed by atoms with Crippen molar-refractivity contribution in [1.29, 1.82) is 0 Å². The first-order chi connectivity index (χ1) is 25.3. The number of nitrogens with zero attached hydrogens (tertiary/aromatic N) is 2. The van der Waals surface area contributed by atoms with Crippen LogP contribution in [0.2, 0.25) is 0 Å². The third-order valence-electron chi connectivity index (χ3n) is 10.5. The standard InChI is InChI=1S/C48H30N2S/c1-3-11-31(12-4-1)33-19-24-44-40(27-33)37-15-7-9-17-43(37)49(44)36-21-23-38-41-28-34(32-13-5-2-6-14-32)20-25-45(41)50(46(38)30-36)35-22-26-48-42(29-35)39-16-8-10-18-47(39)51-48/h1-30H. The maximum absolute atomic E-state index is 2.47. The molecule has 0 aliphatic rings. The van der Waals surface area contributed by atoms with Gasteiger partial charge in [-0.2, -0.15) is 0 Å². The highest BCUT2D eigenvalue weighted by molar-refractivity contribution is 7.25. The molecule has 0 spiro atoms. The number of rotatable bonds is 4. The second kappa shape index (κ2) is 11.0. The molecule has 2 nitrogen and oxygen atoms in total. The number of aromatic nitrogens is 2. The highest BCUT2D eigenvalue weighted by atomic mass is 32.1. The Kier molecular flexibility index (Phi) is 6.16. The Morgan fingerprint density at radius 1 is 0.275 bits per heavy atom. The van der Waals surface area contributed by atoms with E-state index >= 15 is 0 Å². The monoisotopic (exact) mass is 666 g/mol. The van der Waals surface area contributed by atoms with Crippen LogP contribution >= 0.6 is 11.3 Å². The minimum absolute atomic E-state index is 1.15. The summed E-state index contributed by atoms with van der Waals surface area (Å²) in [5.74, 6) is 0. The SMILES string of the molecule is c1ccc(-c2ccc3c(c2)c2ccccc2n3-c2ccc3c4cc(-c5ccccc5)ccc4n(-c4ccc5sc6ccccc6c5c4)c3c2)cc1. The lowest BCUT2D eigenvalue weighted by molar-refractivity contribution is 1.16. The predicted molar refractivity (Wildman–Crippen MR) is 219 cm³/mol. The molecule has 3 aromatic heterocycles. The molecule has 238 valence electrons. The van der Waals surface area contributed by atoms with E-state index in [1.807, 2.05) is 11.3 Å². The van der Waals surface area contributed by atoms with E-state index in [9.17, 15) is 0 Å². The smallest absolute Gasteiger partial charge is 0.0561 e. The normalized spacial score (nSPS) is 11.9. The lowest BCUT2D eigenvalue weighted by atomic mass is 10.0. The van der Waals surface area contributed by atoms with Crippen LogP contribution in [0.5, 0.6) is 0 Å². The van der Waals surface area contributed by atoms with Crippen LogP contribution in [0.15, 0.2) is 182 Å². The molecule has 11 rings (SSSR count). The van der Waals surface area contributed by atoms with Crippen molar-refractivity contribution in [2.24, 2.45) is 0 Å². The molecule has 11 aromatic rings. The van der Waals surface area contributed by atoms with Gasteiger partial charge in [-0.15, -0.1) is 11.3 Å². The number of fused-ring (bicyclic) bond motifs is 9. The quantitative estimate of drug-likeness (QED) is 0.177. The first-order valence-corrected chi connectivity index (χ1v) is 18.2. The first kappa shape index (κ1) is 28.4. The highest BCUT2D eigenvalue weighted by Gasteiger charge is 2.18. The summed E-state index contributed by atoms with van der Waals surface area (Å²) in [6.07, 6.45) is 0. The minimum Gasteiger partial charge on any atom is -0.309 e. The number of hydrogen-bond donors (Lipinski definition) is 0. The molecule has 51 heavy (non-hydrogen) atoms. The van der Waals surface area contributed by atoms with Crippen LogP contribution in [0.1, 0.15) is 0 Å². The Morgan fingerprint density at radius 3 is 1.49 bits per heavy atom. The summed E-state index contributed by atoms with van der Waals surface area (Å²) in [5.41, 5.74) is 12.0. The Labute approximate surface area is 298 Å². The van der Waals surface area contributed by atoms with E-state index in [0.717, 1.165) is 5.69 Å². The van der Waals surface area contributed by atoms with E-state index in [1.54, 1.807) is 0 Å². The van der Waals surface area contributed by atoms with Gasteiger partial charge in [0.15, 0.2) is 0 Å². The van der Waals surface area contributed by atoms with Gasteiger partial charge < -0.3 is 9.13 Å². The Bertz CT molecular complexity index is 3130. The lowest BCUT2D eigenvalue weighted by Crippen LogP contribution is -1.97. The fraction of sp³-hybridized carbons (Fsp3) is 0. The lowest BCUT2D eigenvalue weighted by Gasteiger charge is -2.12. The Hall–Kier alpha value is -6.42. The van der Waals surface area contributed by atoms with E-state index in [0.29, 0.717) is 0 Å². The molecule has 0 aliphatic heterocycles. The largest absolute Gasteiger partial charge is 0.309 e. The van der Waals surface area contributed by atoms with Crippen molar-refractivity contribution in [1.82, 2.24) is 9.13 Å². The van der Waals surface area contributed by atoms with Gasteiger partial charge in [0.25, 0.3) is 0 Å². The van der Waals surface area contributed by atoms with Crippen LogP contribution in [0, 0.1) is 0 Å². The zero-order valence-corrected chi connectivity index (χ0v) is 28.4. The van der Waals surface area contributed by atoms with E-state index in [-0.39, 0.29) is 0 Å². The zero-order chi connectivity index (χ0) is 33.5. The summed E-state index contributed by atoms with van der Waals surface area (Å²) in [6.45, 7) is 0. The van der Waals surface area contributed by atoms with Crippen molar-refractivity contribution in [3.63, 3.8) is 0 Å². The molecule has 3 heteroatoms. The van der Waals surface area contributed by atoms with Crippen LogP contribution in [0.25, 0.3) is 97.4 Å². The Morgan fingerprint density at radius 2 is 0.784 bits per heavy atom. The highest BCUT2D eigenvalue weighted by Crippen LogP contribution is 2.41. The molecule has 8 aromatic carbocycles. The molecule has 0 N–H and O–H groups in total. The van der Waals surface area contributed by atoms with Gasteiger partial charge in [-0.3, -0.25) is 0 Å². The first-order valence-electron chi connectivity index (χ1n) is 17.4. The summed E-state index contributed by atoms with van der Waals surface area (Å²) in [4.78, 5) is 0. The Balaban J connectivity index is 1.19. The average Bonchev–Trinajstić information content (AvgIpc) is 3.85. The zero-order valence-electron chi connectivity index (χ0n) is 27.6. The van der Waals surface area contributed by atoms with Crippen molar-refractivity contribution in [2.75, 3.05) is 0 Å². The van der Waals surface area contributed by atoms with Gasteiger partial charge >= 0.3 is 0 Å². The number of para-hydroxylation sites is 1. The molecule has 0 bridgehead atoms. The van der Waals surface area contributed by atoms with Crippen molar-refractivity contribution >= 4 is 75.1 Å². The summed E-state index contributed by atoms with van der Waals surface area (Å²) in [5, 5.41) is 7.63. The van der Waals surface area contributed by atoms with Crippen LogP contribution < -0.4 is 0 Å². The van der Waals surface area contributed by atoms with Gasteiger partial charge in [0.05, 0.1) is 22.1 Å². The van der Waals surface area contributed by atoms with E-state index in [4.69, 9.17) is 0 Å². The third kappa shape index (κ3) is 4.35. The van der Waals surface area contributed by atoms with E-state index in [2.05, 4.69) is 191 Å². The van der Waals surface area contributed by atoms with E-state index in [1.165, 1.54) is 91.7 Å². The predicted octanol–water partition coefficient (Wildman–Crippen LogP) is 13.6. The fourth-order valence-electron chi connectivity index (χ4n) is 8.15. The average molecular weight is 667 g/mol. The van der Waals surface area contributed by atoms with Crippen molar-refractivity contribution < 1.29 is 0 Å². The maximum Gasteiger partial charge on any atom is 0.0561 e. The molecule has 0 saturated heterocycles. The van der Waals surface area contributed by atoms with Crippen LogP contribution in [0.4, 0.5) is 0 Å². The van der Waals surface area contributed by atoms with Crippen molar-refractivity contribution in [2.45, 2.75) is 0 Å². The number of benzene rings is 8. The summed E-state index contributed by atoms with van der Waals surface area (Å²) >= 11 is 1.86. The van der Waals surface area contributed by atoms with Crippen molar-refractivity contribution in [3.8, 4) is 33.6 Å². The maximum atomic E-state index is 2.47. The molecular formula is C48H30N2S. The molecule has 0 saturated carbocycles. The second-order valence-corrected chi connectivity index (χ2v) is 14.4. The molecule has 0 unspecified atom stereocenters. The van der Waals surface area contributed by atoms with Gasteiger partial charge in [-0.1, -0.05) is 115 Å². The fourth-order valence-corrected chi connectivity index (χ4v) is 9.24. The summed E-state index contributed by atoms with van der Waals surface area (Å²) in [7, 11) is 0. The second-order valence-electron chi connectivity index (χ2n) is 13.4. The summed E-state index contributed by atoms with van der Waals surface area (Å²) < 4.78 is 7.54.